The normalized spacial score (nSPS) is 21.3. The highest BCUT2D eigenvalue weighted by Gasteiger charge is 2.51. The summed E-state index contributed by atoms with van der Waals surface area (Å²) in [4.78, 5) is 18.5. The van der Waals surface area contributed by atoms with E-state index in [1.807, 2.05) is 48.5 Å². The summed E-state index contributed by atoms with van der Waals surface area (Å²) in [5.41, 5.74) is 11.6. The van der Waals surface area contributed by atoms with Gasteiger partial charge in [0.05, 0.1) is 6.57 Å². The molecule has 5 nitrogen and oxygen atoms in total. The van der Waals surface area contributed by atoms with Gasteiger partial charge in [-0.15, -0.1) is 0 Å². The summed E-state index contributed by atoms with van der Waals surface area (Å²) in [6.07, 6.45) is 8.56. The molecule has 0 atom stereocenters. The smallest absolute Gasteiger partial charge is 0.187 e. The van der Waals surface area contributed by atoms with Gasteiger partial charge in [0.1, 0.15) is 11.2 Å². The van der Waals surface area contributed by atoms with Gasteiger partial charge in [-0.3, -0.25) is 0 Å². The van der Waals surface area contributed by atoms with Crippen LogP contribution in [0.3, 0.4) is 0 Å². The number of benzene rings is 6. The molecule has 0 saturated heterocycles. The Morgan fingerprint density at radius 3 is 1.53 bits per heavy atom. The predicted molar refractivity (Wildman–Crippen MR) is 220 cm³/mol. The zero-order valence-corrected chi connectivity index (χ0v) is 30.5. The van der Waals surface area contributed by atoms with Crippen molar-refractivity contribution in [1.82, 2.24) is 15.0 Å². The van der Waals surface area contributed by atoms with Gasteiger partial charge in [0, 0.05) is 27.5 Å². The van der Waals surface area contributed by atoms with E-state index >= 15 is 0 Å². The molecule has 4 aliphatic rings. The molecule has 264 valence electrons. The lowest BCUT2D eigenvalue weighted by Gasteiger charge is -2.57. The van der Waals surface area contributed by atoms with Gasteiger partial charge >= 0.3 is 0 Å². The van der Waals surface area contributed by atoms with Crippen molar-refractivity contribution in [2.45, 2.75) is 43.9 Å². The van der Waals surface area contributed by atoms with Crippen LogP contribution in [0.5, 0.6) is 0 Å². The minimum absolute atomic E-state index is 0.407. The molecule has 0 N–H and O–H groups in total. The molecule has 8 aromatic rings. The standard InChI is InChI=1S/C50H38N4O/c1-51-41-23-19-39(20-24-41)49-53-47(37-13-9-34(10-14-37)35-17-21-40(22-18-35)50-28-31-25-32(29-50)27-33(26-31)30-50)52-48(54-49)38-15-11-36(12-16-38)42-6-4-8-45-46(42)43-5-2-3-7-44(43)55-45/h2-24,31-33H,25-30H2. The first-order valence-corrected chi connectivity index (χ1v) is 19.5. The lowest BCUT2D eigenvalue weighted by atomic mass is 9.48. The summed E-state index contributed by atoms with van der Waals surface area (Å²) >= 11 is 0. The molecule has 5 heteroatoms. The van der Waals surface area contributed by atoms with Crippen LogP contribution >= 0.6 is 0 Å². The van der Waals surface area contributed by atoms with Crippen LogP contribution in [0.4, 0.5) is 5.69 Å². The second kappa shape index (κ2) is 12.6. The van der Waals surface area contributed by atoms with Gasteiger partial charge in [0.25, 0.3) is 0 Å². The van der Waals surface area contributed by atoms with E-state index in [-0.39, 0.29) is 0 Å². The molecule has 4 saturated carbocycles. The summed E-state index contributed by atoms with van der Waals surface area (Å²) in [5, 5.41) is 2.22. The fourth-order valence-electron chi connectivity index (χ4n) is 10.6. The van der Waals surface area contributed by atoms with Crippen LogP contribution in [-0.2, 0) is 5.41 Å². The Hall–Kier alpha value is -6.38. The molecule has 2 heterocycles. The van der Waals surface area contributed by atoms with E-state index < -0.39 is 0 Å². The van der Waals surface area contributed by atoms with Crippen molar-refractivity contribution in [2.24, 2.45) is 17.8 Å². The zero-order chi connectivity index (χ0) is 36.5. The first kappa shape index (κ1) is 32.1. The topological polar surface area (TPSA) is 56.2 Å². The number of para-hydroxylation sites is 1. The first-order valence-electron chi connectivity index (χ1n) is 19.5. The van der Waals surface area contributed by atoms with Crippen molar-refractivity contribution in [3.05, 3.63) is 157 Å². The van der Waals surface area contributed by atoms with Gasteiger partial charge in [-0.25, -0.2) is 19.8 Å². The van der Waals surface area contributed by atoms with E-state index in [9.17, 15) is 0 Å². The van der Waals surface area contributed by atoms with Crippen LogP contribution in [-0.4, -0.2) is 15.0 Å². The lowest BCUT2D eigenvalue weighted by Crippen LogP contribution is -2.48. The second-order valence-electron chi connectivity index (χ2n) is 16.2. The van der Waals surface area contributed by atoms with Crippen molar-refractivity contribution in [1.29, 1.82) is 0 Å². The molecule has 6 aromatic carbocycles. The van der Waals surface area contributed by atoms with Gasteiger partial charge in [0.15, 0.2) is 23.2 Å². The number of aromatic nitrogens is 3. The van der Waals surface area contributed by atoms with E-state index in [2.05, 4.69) is 95.8 Å². The van der Waals surface area contributed by atoms with Gasteiger partial charge in [-0.1, -0.05) is 127 Å². The number of fused-ring (bicyclic) bond motifs is 3. The Kier molecular flexibility index (Phi) is 7.35. The summed E-state index contributed by atoms with van der Waals surface area (Å²) in [6, 6.07) is 48.3. The van der Waals surface area contributed by atoms with Crippen molar-refractivity contribution in [3.8, 4) is 56.4 Å². The third kappa shape index (κ3) is 5.55. The molecule has 0 unspecified atom stereocenters. The third-order valence-electron chi connectivity index (χ3n) is 12.8. The minimum atomic E-state index is 0.407. The average Bonchev–Trinajstić information content (AvgIpc) is 3.62. The van der Waals surface area contributed by atoms with E-state index in [4.69, 9.17) is 25.9 Å². The number of hydrogen-bond acceptors (Lipinski definition) is 4. The van der Waals surface area contributed by atoms with E-state index in [0.717, 1.165) is 67.5 Å². The highest BCUT2D eigenvalue weighted by Crippen LogP contribution is 2.60. The van der Waals surface area contributed by atoms with Crippen LogP contribution < -0.4 is 0 Å². The van der Waals surface area contributed by atoms with Crippen molar-refractivity contribution < 1.29 is 4.42 Å². The van der Waals surface area contributed by atoms with Crippen molar-refractivity contribution >= 4 is 27.6 Å². The van der Waals surface area contributed by atoms with Crippen LogP contribution in [0.1, 0.15) is 44.1 Å². The monoisotopic (exact) mass is 710 g/mol. The predicted octanol–water partition coefficient (Wildman–Crippen LogP) is 13.1. The van der Waals surface area contributed by atoms with E-state index in [0.29, 0.717) is 28.6 Å². The van der Waals surface area contributed by atoms with Crippen LogP contribution in [0.2, 0.25) is 0 Å². The molecule has 4 aliphatic carbocycles. The molecule has 4 bridgehead atoms. The highest BCUT2D eigenvalue weighted by atomic mass is 16.3. The molecule has 2 aromatic heterocycles. The van der Waals surface area contributed by atoms with Gasteiger partial charge in [-0.05, 0) is 102 Å². The average molecular weight is 711 g/mol. The summed E-state index contributed by atoms with van der Waals surface area (Å²) in [6.45, 7) is 7.42. The Morgan fingerprint density at radius 2 is 0.964 bits per heavy atom. The van der Waals surface area contributed by atoms with Gasteiger partial charge in [0.2, 0.25) is 0 Å². The number of furan rings is 1. The fourth-order valence-corrected chi connectivity index (χ4v) is 10.6. The zero-order valence-electron chi connectivity index (χ0n) is 30.5. The molecule has 0 aliphatic heterocycles. The van der Waals surface area contributed by atoms with Crippen LogP contribution in [0.15, 0.2) is 144 Å². The fraction of sp³-hybridized carbons (Fsp3) is 0.200. The Labute approximate surface area is 320 Å². The summed E-state index contributed by atoms with van der Waals surface area (Å²) < 4.78 is 6.17. The molecule has 0 spiro atoms. The quantitative estimate of drug-likeness (QED) is 0.161. The largest absolute Gasteiger partial charge is 0.456 e. The van der Waals surface area contributed by atoms with Gasteiger partial charge in [-0.2, -0.15) is 0 Å². The molecular weight excluding hydrogens is 673 g/mol. The molecule has 0 radical (unpaired) electrons. The molecule has 12 rings (SSSR count). The van der Waals surface area contributed by atoms with E-state index in [1.54, 1.807) is 5.56 Å². The summed E-state index contributed by atoms with van der Waals surface area (Å²) in [5.74, 6) is 4.60. The molecule has 4 fully saturated rings. The van der Waals surface area contributed by atoms with Crippen molar-refractivity contribution in [2.75, 3.05) is 0 Å². The van der Waals surface area contributed by atoms with Gasteiger partial charge < -0.3 is 4.42 Å². The number of nitrogens with zero attached hydrogens (tertiary/aromatic N) is 4. The maximum Gasteiger partial charge on any atom is 0.187 e. The van der Waals surface area contributed by atoms with Crippen molar-refractivity contribution in [3.63, 3.8) is 0 Å². The number of hydrogen-bond donors (Lipinski definition) is 0. The second-order valence-corrected chi connectivity index (χ2v) is 16.2. The van der Waals surface area contributed by atoms with Crippen LogP contribution in [0.25, 0.3) is 83.2 Å². The highest BCUT2D eigenvalue weighted by molar-refractivity contribution is 6.12. The lowest BCUT2D eigenvalue weighted by molar-refractivity contribution is -0.00518. The maximum absolute atomic E-state index is 7.42. The minimum Gasteiger partial charge on any atom is -0.456 e. The summed E-state index contributed by atoms with van der Waals surface area (Å²) in [7, 11) is 0. The Bertz CT molecular complexity index is 2740. The first-order chi connectivity index (χ1) is 27.1. The van der Waals surface area contributed by atoms with E-state index in [1.165, 1.54) is 49.7 Å². The Morgan fingerprint density at radius 1 is 0.491 bits per heavy atom. The third-order valence-corrected chi connectivity index (χ3v) is 12.8. The number of rotatable bonds is 6. The molecular formula is C50H38N4O. The molecule has 55 heavy (non-hydrogen) atoms. The molecule has 0 amide bonds. The SMILES string of the molecule is [C-]#[N+]c1ccc(-c2nc(-c3ccc(-c4ccc(C56CC7CC(CC(C7)C5)C6)cc4)cc3)nc(-c3ccc(-c4cccc5oc6ccccc6c45)cc3)n2)cc1. The van der Waals surface area contributed by atoms with Crippen LogP contribution in [0, 0.1) is 24.3 Å². The maximum atomic E-state index is 7.42. The Balaban J connectivity index is 0.924.